The number of benzene rings is 2. The quantitative estimate of drug-likeness (QED) is 0.816. The molecule has 0 saturated carbocycles. The van der Waals surface area contributed by atoms with Crippen LogP contribution in [0.1, 0.15) is 30.9 Å². The molecule has 5 nitrogen and oxygen atoms in total. The smallest absolute Gasteiger partial charge is 0.313 e. The summed E-state index contributed by atoms with van der Waals surface area (Å²) in [6.45, 7) is 5.52. The maximum Gasteiger partial charge on any atom is 0.313 e. The molecule has 146 valence electrons. The Kier molecular flexibility index (Phi) is 5.33. The molecule has 0 atom stereocenters. The first-order valence-corrected chi connectivity index (χ1v) is 10.1. The van der Waals surface area contributed by atoms with Gasteiger partial charge in [-0.1, -0.05) is 31.2 Å². The molecule has 5 heteroatoms. The van der Waals surface area contributed by atoms with Gasteiger partial charge in [0.1, 0.15) is 0 Å². The third-order valence-corrected chi connectivity index (χ3v) is 5.89. The average Bonchev–Trinajstić information content (AvgIpc) is 2.74. The van der Waals surface area contributed by atoms with Gasteiger partial charge in [0.25, 0.3) is 0 Å². The van der Waals surface area contributed by atoms with Gasteiger partial charge in [-0.15, -0.1) is 0 Å². The van der Waals surface area contributed by atoms with Crippen LogP contribution in [-0.4, -0.2) is 36.3 Å². The summed E-state index contributed by atoms with van der Waals surface area (Å²) in [7, 11) is 0. The summed E-state index contributed by atoms with van der Waals surface area (Å²) in [4.78, 5) is 29.0. The molecule has 0 spiro atoms. The average molecular weight is 377 g/mol. The van der Waals surface area contributed by atoms with Crippen LogP contribution in [0.3, 0.4) is 0 Å². The van der Waals surface area contributed by atoms with E-state index in [1.54, 1.807) is 4.90 Å². The second kappa shape index (κ2) is 8.05. The van der Waals surface area contributed by atoms with Gasteiger partial charge in [-0.05, 0) is 60.6 Å². The molecule has 0 aliphatic carbocycles. The van der Waals surface area contributed by atoms with Crippen molar-refractivity contribution in [3.63, 3.8) is 0 Å². The van der Waals surface area contributed by atoms with Crippen molar-refractivity contribution in [1.82, 2.24) is 4.90 Å². The van der Waals surface area contributed by atoms with E-state index in [2.05, 4.69) is 23.2 Å². The number of amides is 2. The highest BCUT2D eigenvalue weighted by Crippen LogP contribution is 2.24. The first kappa shape index (κ1) is 18.5. The second-order valence-electron chi connectivity index (χ2n) is 7.92. The Bertz CT molecular complexity index is 854. The highest BCUT2D eigenvalue weighted by molar-refractivity contribution is 6.39. The number of fused-ring (bicyclic) bond motifs is 1. The van der Waals surface area contributed by atoms with Crippen molar-refractivity contribution in [2.75, 3.05) is 29.9 Å². The van der Waals surface area contributed by atoms with Crippen molar-refractivity contribution in [2.45, 2.75) is 32.7 Å². The van der Waals surface area contributed by atoms with Gasteiger partial charge in [0.05, 0.1) is 0 Å². The lowest BCUT2D eigenvalue weighted by molar-refractivity contribution is -0.143. The molecule has 2 aliphatic heterocycles. The van der Waals surface area contributed by atoms with Gasteiger partial charge in [0.2, 0.25) is 0 Å². The summed E-state index contributed by atoms with van der Waals surface area (Å²) in [6, 6.07) is 15.9. The van der Waals surface area contributed by atoms with Crippen molar-refractivity contribution in [3.8, 4) is 0 Å². The summed E-state index contributed by atoms with van der Waals surface area (Å²) in [5.74, 6) is -0.245. The molecular weight excluding hydrogens is 350 g/mol. The number of rotatable bonds is 2. The van der Waals surface area contributed by atoms with Crippen LogP contribution in [0.2, 0.25) is 0 Å². The zero-order chi connectivity index (χ0) is 19.5. The Balaban J connectivity index is 1.35. The van der Waals surface area contributed by atoms with E-state index in [1.807, 2.05) is 42.5 Å². The molecule has 2 amide bonds. The third-order valence-electron chi connectivity index (χ3n) is 5.89. The molecule has 0 bridgehead atoms. The fourth-order valence-corrected chi connectivity index (χ4v) is 4.02. The number of nitrogens with one attached hydrogen (secondary N) is 1. The molecule has 1 N–H and O–H groups in total. The number of hydrogen-bond donors (Lipinski definition) is 1. The predicted molar refractivity (Wildman–Crippen MR) is 111 cm³/mol. The van der Waals surface area contributed by atoms with Crippen molar-refractivity contribution >= 4 is 23.2 Å². The Morgan fingerprint density at radius 3 is 2.32 bits per heavy atom. The minimum Gasteiger partial charge on any atom is -0.372 e. The monoisotopic (exact) mass is 377 g/mol. The molecule has 2 aromatic carbocycles. The zero-order valence-electron chi connectivity index (χ0n) is 16.4. The summed E-state index contributed by atoms with van der Waals surface area (Å²) in [6.07, 6.45) is 3.22. The molecule has 4 rings (SSSR count). The second-order valence-corrected chi connectivity index (χ2v) is 7.92. The summed E-state index contributed by atoms with van der Waals surface area (Å²) in [5, 5.41) is 2.75. The fourth-order valence-electron chi connectivity index (χ4n) is 4.02. The van der Waals surface area contributed by atoms with E-state index in [9.17, 15) is 9.59 Å². The van der Waals surface area contributed by atoms with Gasteiger partial charge in [-0.3, -0.25) is 9.59 Å². The number of anilines is 2. The number of hydrogen-bond acceptors (Lipinski definition) is 3. The first-order chi connectivity index (χ1) is 13.6. The molecule has 28 heavy (non-hydrogen) atoms. The van der Waals surface area contributed by atoms with Crippen LogP contribution >= 0.6 is 0 Å². The molecule has 2 aromatic rings. The number of carbonyl (C=O) groups excluding carboxylic acids is 2. The molecule has 1 saturated heterocycles. The summed E-state index contributed by atoms with van der Waals surface area (Å²) >= 11 is 0. The molecule has 1 fully saturated rings. The van der Waals surface area contributed by atoms with Crippen LogP contribution in [0, 0.1) is 5.92 Å². The van der Waals surface area contributed by atoms with Crippen LogP contribution in [0.4, 0.5) is 11.4 Å². The van der Waals surface area contributed by atoms with Crippen LogP contribution in [0.5, 0.6) is 0 Å². The lowest BCUT2D eigenvalue weighted by Crippen LogP contribution is -2.42. The van der Waals surface area contributed by atoms with Crippen LogP contribution < -0.4 is 10.2 Å². The highest BCUT2D eigenvalue weighted by Gasteiger charge is 2.25. The maximum atomic E-state index is 12.6. The number of nitrogens with zero attached hydrogens (tertiary/aromatic N) is 2. The molecule has 0 unspecified atom stereocenters. The van der Waals surface area contributed by atoms with Crippen molar-refractivity contribution < 1.29 is 9.59 Å². The summed E-state index contributed by atoms with van der Waals surface area (Å²) < 4.78 is 0. The van der Waals surface area contributed by atoms with Crippen LogP contribution in [-0.2, 0) is 22.6 Å². The van der Waals surface area contributed by atoms with E-state index in [0.29, 0.717) is 18.8 Å². The maximum absolute atomic E-state index is 12.6. The van der Waals surface area contributed by atoms with Gasteiger partial charge in [0, 0.05) is 37.6 Å². The van der Waals surface area contributed by atoms with E-state index in [4.69, 9.17) is 0 Å². The topological polar surface area (TPSA) is 52.7 Å². The minimum absolute atomic E-state index is 0.469. The molecule has 2 heterocycles. The van der Waals surface area contributed by atoms with Gasteiger partial charge in [-0.2, -0.15) is 0 Å². The lowest BCUT2D eigenvalue weighted by Gasteiger charge is -2.32. The normalized spacial score (nSPS) is 17.2. The SMILES string of the molecule is CC1CCN(c2ccc(NC(=O)C(=O)N3CCc4ccccc4C3)cc2)CC1. The van der Waals surface area contributed by atoms with Crippen LogP contribution in [0.15, 0.2) is 48.5 Å². The Labute approximate surface area is 166 Å². The molecular formula is C23H27N3O2. The molecule has 2 aliphatic rings. The lowest BCUT2D eigenvalue weighted by atomic mass is 9.99. The van der Waals surface area contributed by atoms with E-state index < -0.39 is 11.8 Å². The van der Waals surface area contributed by atoms with E-state index in [0.717, 1.165) is 31.0 Å². The van der Waals surface area contributed by atoms with E-state index >= 15 is 0 Å². The number of carbonyl (C=O) groups is 2. The fraction of sp³-hybridized carbons (Fsp3) is 0.391. The van der Waals surface area contributed by atoms with Gasteiger partial charge in [0.15, 0.2) is 0 Å². The van der Waals surface area contributed by atoms with Gasteiger partial charge < -0.3 is 15.1 Å². The van der Waals surface area contributed by atoms with Gasteiger partial charge >= 0.3 is 11.8 Å². The Morgan fingerprint density at radius 2 is 1.61 bits per heavy atom. The minimum atomic E-state index is -0.570. The third kappa shape index (κ3) is 4.03. The standard InChI is InChI=1S/C23H27N3O2/c1-17-10-13-25(14-11-17)21-8-6-20(7-9-21)24-22(27)23(28)26-15-12-18-4-2-3-5-19(18)16-26/h2-9,17H,10-16H2,1H3,(H,24,27). The Hall–Kier alpha value is -2.82. The van der Waals surface area contributed by atoms with Crippen molar-refractivity contribution in [1.29, 1.82) is 0 Å². The van der Waals surface area contributed by atoms with Crippen molar-refractivity contribution in [2.24, 2.45) is 5.92 Å². The zero-order valence-corrected chi connectivity index (χ0v) is 16.4. The van der Waals surface area contributed by atoms with E-state index in [1.165, 1.54) is 24.1 Å². The molecule has 0 radical (unpaired) electrons. The molecule has 0 aromatic heterocycles. The highest BCUT2D eigenvalue weighted by atomic mass is 16.2. The van der Waals surface area contributed by atoms with E-state index in [-0.39, 0.29) is 0 Å². The largest absolute Gasteiger partial charge is 0.372 e. The van der Waals surface area contributed by atoms with Gasteiger partial charge in [-0.25, -0.2) is 0 Å². The number of piperidine rings is 1. The Morgan fingerprint density at radius 1 is 0.929 bits per heavy atom. The predicted octanol–water partition coefficient (Wildman–Crippen LogP) is 3.45. The summed E-state index contributed by atoms with van der Waals surface area (Å²) in [5.41, 5.74) is 4.21. The first-order valence-electron chi connectivity index (χ1n) is 10.1. The van der Waals surface area contributed by atoms with Crippen molar-refractivity contribution in [3.05, 3.63) is 59.7 Å². The van der Waals surface area contributed by atoms with Crippen LogP contribution in [0.25, 0.3) is 0 Å².